The average molecular weight is 361 g/mol. The van der Waals surface area contributed by atoms with E-state index in [4.69, 9.17) is 4.74 Å². The van der Waals surface area contributed by atoms with E-state index >= 15 is 0 Å². The first-order valence-electron chi connectivity index (χ1n) is 8.62. The molecule has 2 aromatic carbocycles. The Kier molecular flexibility index (Phi) is 7.32. The smallest absolute Gasteiger partial charge is 0.338 e. The number of hydrogen-bond donors (Lipinski definition) is 0. The lowest BCUT2D eigenvalue weighted by Crippen LogP contribution is -2.37. The van der Waals surface area contributed by atoms with Gasteiger partial charge in [-0.25, -0.2) is 4.79 Å². The molecule has 0 aliphatic rings. The van der Waals surface area contributed by atoms with Crippen LogP contribution in [0.5, 0.6) is 0 Å². The van der Waals surface area contributed by atoms with Crippen LogP contribution in [-0.4, -0.2) is 28.9 Å². The molecule has 27 heavy (non-hydrogen) atoms. The molecule has 138 valence electrons. The third-order valence-electron chi connectivity index (χ3n) is 4.09. The van der Waals surface area contributed by atoms with E-state index in [1.165, 1.54) is 11.1 Å². The summed E-state index contributed by atoms with van der Waals surface area (Å²) in [5.41, 5.74) is 1.00. The van der Waals surface area contributed by atoms with Gasteiger partial charge in [0.1, 0.15) is 6.10 Å². The Morgan fingerprint density at radius 1 is 0.889 bits per heavy atom. The molecule has 2 rings (SSSR count). The fourth-order valence-electron chi connectivity index (χ4n) is 2.63. The molecule has 0 aliphatic heterocycles. The van der Waals surface area contributed by atoms with Gasteiger partial charge in [-0.3, -0.25) is 4.79 Å². The number of nitrogens with zero attached hydrogens (tertiary/aromatic N) is 1. The summed E-state index contributed by atoms with van der Waals surface area (Å²) in [5, 5.41) is 0. The van der Waals surface area contributed by atoms with E-state index in [0.717, 1.165) is 0 Å². The van der Waals surface area contributed by atoms with E-state index in [-0.39, 0.29) is 5.91 Å². The third-order valence-corrected chi connectivity index (χ3v) is 4.09. The summed E-state index contributed by atoms with van der Waals surface area (Å²) in [4.78, 5) is 26.5. The normalized spacial score (nSPS) is 12.3. The van der Waals surface area contributed by atoms with Crippen molar-refractivity contribution in [3.8, 4) is 0 Å². The number of carbonyl (C=O) groups is 2. The van der Waals surface area contributed by atoms with E-state index in [1.807, 2.05) is 12.1 Å². The van der Waals surface area contributed by atoms with Crippen molar-refractivity contribution in [2.24, 2.45) is 0 Å². The van der Waals surface area contributed by atoms with Crippen molar-refractivity contribution in [3.05, 3.63) is 110 Å². The van der Waals surface area contributed by atoms with E-state index < -0.39 is 18.1 Å². The minimum absolute atomic E-state index is 0.201. The highest BCUT2D eigenvalue weighted by molar-refractivity contribution is 5.95. The van der Waals surface area contributed by atoms with Gasteiger partial charge in [-0.1, -0.05) is 61.7 Å². The first kappa shape index (κ1) is 19.9. The summed E-state index contributed by atoms with van der Waals surface area (Å²) < 4.78 is 5.52. The predicted molar refractivity (Wildman–Crippen MR) is 107 cm³/mol. The Hall–Kier alpha value is -3.40. The van der Waals surface area contributed by atoms with Gasteiger partial charge in [-0.05, 0) is 24.3 Å². The fraction of sp³-hybridized carbons (Fsp3) is 0.130. The Balaban J connectivity index is 2.11. The molecule has 0 N–H and O–H groups in total. The van der Waals surface area contributed by atoms with Gasteiger partial charge in [0.25, 0.3) is 5.91 Å². The summed E-state index contributed by atoms with van der Waals surface area (Å²) >= 11 is 0. The van der Waals surface area contributed by atoms with Crippen LogP contribution in [0.1, 0.15) is 27.1 Å². The lowest BCUT2D eigenvalue weighted by Gasteiger charge is -2.28. The second-order valence-corrected chi connectivity index (χ2v) is 5.85. The number of ether oxygens (including phenoxy) is 1. The highest BCUT2D eigenvalue weighted by Gasteiger charge is 2.24. The van der Waals surface area contributed by atoms with Gasteiger partial charge in [-0.15, -0.1) is 6.58 Å². The second-order valence-electron chi connectivity index (χ2n) is 5.85. The molecule has 0 saturated carbocycles. The minimum Gasteiger partial charge on any atom is -0.454 e. The molecule has 0 bridgehead atoms. The summed E-state index contributed by atoms with van der Waals surface area (Å²) in [6.07, 6.45) is 4.39. The van der Waals surface area contributed by atoms with E-state index in [2.05, 4.69) is 19.7 Å². The van der Waals surface area contributed by atoms with Crippen LogP contribution in [0.25, 0.3) is 0 Å². The SMILES string of the molecule is C=CC(CC(C=C)N(C=C)C(=O)c1ccccc1)OC(=O)c1ccccc1. The van der Waals surface area contributed by atoms with Crippen LogP contribution in [0, 0.1) is 0 Å². The zero-order valence-electron chi connectivity index (χ0n) is 15.2. The summed E-state index contributed by atoms with van der Waals surface area (Å²) in [6.45, 7) is 11.3. The number of carbonyl (C=O) groups excluding carboxylic acids is 2. The van der Waals surface area contributed by atoms with Crippen molar-refractivity contribution in [1.29, 1.82) is 0 Å². The Labute approximate surface area is 160 Å². The predicted octanol–water partition coefficient (Wildman–Crippen LogP) is 4.63. The molecule has 0 fully saturated rings. The fourth-order valence-corrected chi connectivity index (χ4v) is 2.63. The van der Waals surface area contributed by atoms with Gasteiger partial charge in [0.2, 0.25) is 0 Å². The van der Waals surface area contributed by atoms with Crippen LogP contribution in [0.15, 0.2) is 98.8 Å². The summed E-state index contributed by atoms with van der Waals surface area (Å²) in [5.74, 6) is -0.643. The van der Waals surface area contributed by atoms with Crippen LogP contribution in [0.4, 0.5) is 0 Å². The highest BCUT2D eigenvalue weighted by Crippen LogP contribution is 2.17. The van der Waals surface area contributed by atoms with Gasteiger partial charge in [0.15, 0.2) is 0 Å². The van der Waals surface area contributed by atoms with Gasteiger partial charge in [0.05, 0.1) is 11.6 Å². The van der Waals surface area contributed by atoms with E-state index in [9.17, 15) is 9.59 Å². The zero-order chi connectivity index (χ0) is 19.6. The molecule has 0 heterocycles. The topological polar surface area (TPSA) is 46.6 Å². The lowest BCUT2D eigenvalue weighted by molar-refractivity contribution is 0.0349. The molecular formula is C23H23NO3. The van der Waals surface area contributed by atoms with Crippen molar-refractivity contribution in [3.63, 3.8) is 0 Å². The third kappa shape index (κ3) is 5.28. The molecule has 2 unspecified atom stereocenters. The van der Waals surface area contributed by atoms with Crippen LogP contribution >= 0.6 is 0 Å². The van der Waals surface area contributed by atoms with Gasteiger partial charge < -0.3 is 9.64 Å². The van der Waals surface area contributed by atoms with Gasteiger partial charge >= 0.3 is 5.97 Å². The molecule has 1 amide bonds. The highest BCUT2D eigenvalue weighted by atomic mass is 16.5. The molecular weight excluding hydrogens is 338 g/mol. The molecule has 0 spiro atoms. The Morgan fingerprint density at radius 2 is 1.44 bits per heavy atom. The van der Waals surface area contributed by atoms with Crippen molar-refractivity contribution in [1.82, 2.24) is 4.90 Å². The lowest BCUT2D eigenvalue weighted by atomic mass is 10.1. The zero-order valence-corrected chi connectivity index (χ0v) is 15.2. The molecule has 0 saturated heterocycles. The van der Waals surface area contributed by atoms with Gasteiger partial charge in [-0.2, -0.15) is 0 Å². The van der Waals surface area contributed by atoms with Crippen LogP contribution in [0.3, 0.4) is 0 Å². The maximum absolute atomic E-state index is 12.8. The monoisotopic (exact) mass is 361 g/mol. The van der Waals surface area contributed by atoms with E-state index in [0.29, 0.717) is 17.5 Å². The minimum atomic E-state index is -0.577. The first-order chi connectivity index (χ1) is 13.1. The van der Waals surface area contributed by atoms with Crippen molar-refractivity contribution >= 4 is 11.9 Å². The molecule has 0 aromatic heterocycles. The number of amides is 1. The van der Waals surface area contributed by atoms with Crippen molar-refractivity contribution in [2.45, 2.75) is 18.6 Å². The standard InChI is InChI=1S/C23H23NO3/c1-4-20(24(6-3)22(25)18-13-9-7-10-14-18)17-21(5-2)27-23(26)19-15-11-8-12-16-19/h4-16,20-21H,1-3,17H2. The largest absolute Gasteiger partial charge is 0.454 e. The molecule has 4 heteroatoms. The maximum atomic E-state index is 12.8. The number of benzene rings is 2. The first-order valence-corrected chi connectivity index (χ1v) is 8.62. The number of hydrogen-bond acceptors (Lipinski definition) is 3. The van der Waals surface area contributed by atoms with Crippen molar-refractivity contribution in [2.75, 3.05) is 0 Å². The molecule has 0 radical (unpaired) electrons. The molecule has 4 nitrogen and oxygen atoms in total. The molecule has 0 aliphatic carbocycles. The second kappa shape index (κ2) is 9.92. The quantitative estimate of drug-likeness (QED) is 0.483. The number of esters is 1. The summed E-state index contributed by atoms with van der Waals surface area (Å²) in [7, 11) is 0. The Bertz CT molecular complexity index is 799. The number of rotatable bonds is 9. The molecule has 2 aromatic rings. The summed E-state index contributed by atoms with van der Waals surface area (Å²) in [6, 6.07) is 17.2. The maximum Gasteiger partial charge on any atom is 0.338 e. The van der Waals surface area contributed by atoms with E-state index in [1.54, 1.807) is 60.7 Å². The Morgan fingerprint density at radius 3 is 1.93 bits per heavy atom. The van der Waals surface area contributed by atoms with Crippen molar-refractivity contribution < 1.29 is 14.3 Å². The average Bonchev–Trinajstić information content (AvgIpc) is 2.73. The van der Waals surface area contributed by atoms with Gasteiger partial charge in [0, 0.05) is 18.2 Å². The van der Waals surface area contributed by atoms with Crippen LogP contribution in [-0.2, 0) is 4.74 Å². The van der Waals surface area contributed by atoms with Crippen LogP contribution < -0.4 is 0 Å². The van der Waals surface area contributed by atoms with Crippen LogP contribution in [0.2, 0.25) is 0 Å². The molecule has 2 atom stereocenters.